The topological polar surface area (TPSA) is 51.2 Å². The molecule has 1 aromatic heterocycles. The number of rotatable bonds is 6. The Labute approximate surface area is 169 Å². The molecule has 3 aromatic rings. The molecule has 0 unspecified atom stereocenters. The van der Waals surface area contributed by atoms with E-state index in [2.05, 4.69) is 10.3 Å². The van der Waals surface area contributed by atoms with E-state index in [1.807, 2.05) is 32.0 Å². The van der Waals surface area contributed by atoms with Gasteiger partial charge in [-0.05, 0) is 50.2 Å². The van der Waals surface area contributed by atoms with Gasteiger partial charge < -0.3 is 10.1 Å². The summed E-state index contributed by atoms with van der Waals surface area (Å²) in [7, 11) is 0. The number of hydrogen-bond donors (Lipinski definition) is 1. The van der Waals surface area contributed by atoms with E-state index in [9.17, 15) is 4.79 Å². The lowest BCUT2D eigenvalue weighted by Crippen LogP contribution is -2.22. The Bertz CT molecular complexity index is 946. The van der Waals surface area contributed by atoms with E-state index in [1.54, 1.807) is 18.2 Å². The average molecular weight is 427 g/mol. The quantitative estimate of drug-likeness (QED) is 0.482. The number of amides is 1. The van der Waals surface area contributed by atoms with Crippen LogP contribution in [0.15, 0.2) is 40.7 Å². The van der Waals surface area contributed by atoms with Crippen molar-refractivity contribution in [3.05, 3.63) is 46.4 Å². The number of benzene rings is 2. The average Bonchev–Trinajstić information content (AvgIpc) is 2.99. The third-order valence-electron chi connectivity index (χ3n) is 3.48. The van der Waals surface area contributed by atoms with E-state index < -0.39 is 0 Å². The van der Waals surface area contributed by atoms with E-state index in [0.717, 1.165) is 20.3 Å². The van der Waals surface area contributed by atoms with Gasteiger partial charge in [0.25, 0.3) is 0 Å². The predicted molar refractivity (Wildman–Crippen MR) is 111 cm³/mol. The van der Waals surface area contributed by atoms with Crippen LogP contribution in [0.1, 0.15) is 13.8 Å². The highest BCUT2D eigenvalue weighted by Crippen LogP contribution is 2.34. The van der Waals surface area contributed by atoms with E-state index >= 15 is 0 Å². The minimum absolute atomic E-state index is 0.159. The number of ether oxygens (including phenoxy) is 1. The fourth-order valence-electron chi connectivity index (χ4n) is 2.22. The van der Waals surface area contributed by atoms with Crippen LogP contribution in [0, 0.1) is 0 Å². The SMILES string of the molecule is CCOc1ccc2nc(S[C@H](C)C(=O)Nc3cc(Cl)ccc3Cl)sc2c1. The number of aromatic nitrogens is 1. The standard InChI is InChI=1S/C18H16Cl2N2O2S2/c1-3-24-12-5-7-14-16(9-12)26-18(22-14)25-10(2)17(23)21-15-8-11(19)4-6-13(15)20/h4-10H,3H2,1-2H3,(H,21,23)/t10-/m1/s1. The first-order valence-corrected chi connectivity index (χ1v) is 10.4. The molecule has 1 atom stereocenters. The van der Waals surface area contributed by atoms with Gasteiger partial charge in [0.15, 0.2) is 4.34 Å². The zero-order valence-electron chi connectivity index (χ0n) is 14.1. The Hall–Kier alpha value is -1.47. The van der Waals surface area contributed by atoms with Crippen LogP contribution in [-0.2, 0) is 4.79 Å². The Kier molecular flexibility index (Phi) is 6.29. The van der Waals surface area contributed by atoms with Crippen LogP contribution in [0.25, 0.3) is 10.2 Å². The number of nitrogens with zero attached hydrogens (tertiary/aromatic N) is 1. The Balaban J connectivity index is 1.70. The van der Waals surface area contributed by atoms with Gasteiger partial charge in [0.1, 0.15) is 5.75 Å². The smallest absolute Gasteiger partial charge is 0.237 e. The van der Waals surface area contributed by atoms with Crippen LogP contribution >= 0.6 is 46.3 Å². The Morgan fingerprint density at radius 3 is 2.88 bits per heavy atom. The molecule has 0 saturated heterocycles. The van der Waals surface area contributed by atoms with Crippen molar-refractivity contribution in [2.45, 2.75) is 23.4 Å². The molecular weight excluding hydrogens is 411 g/mol. The van der Waals surface area contributed by atoms with Gasteiger partial charge in [-0.25, -0.2) is 4.98 Å². The molecule has 3 rings (SSSR count). The molecule has 0 bridgehead atoms. The monoisotopic (exact) mass is 426 g/mol. The van der Waals surface area contributed by atoms with Crippen molar-refractivity contribution in [1.82, 2.24) is 4.98 Å². The van der Waals surface area contributed by atoms with Crippen molar-refractivity contribution in [3.8, 4) is 5.75 Å². The van der Waals surface area contributed by atoms with E-state index in [1.165, 1.54) is 23.1 Å². The van der Waals surface area contributed by atoms with Crippen LogP contribution in [-0.4, -0.2) is 22.7 Å². The summed E-state index contributed by atoms with van der Waals surface area (Å²) in [4.78, 5) is 17.0. The lowest BCUT2D eigenvalue weighted by atomic mass is 10.3. The first-order chi connectivity index (χ1) is 12.5. The number of carbonyl (C=O) groups is 1. The molecule has 0 fully saturated rings. The fraction of sp³-hybridized carbons (Fsp3) is 0.222. The maximum absolute atomic E-state index is 12.5. The number of thioether (sulfide) groups is 1. The fourth-order valence-corrected chi connectivity index (χ4v) is 4.80. The molecule has 1 heterocycles. The molecule has 0 aliphatic carbocycles. The van der Waals surface area contributed by atoms with E-state index in [0.29, 0.717) is 22.3 Å². The van der Waals surface area contributed by atoms with Crippen LogP contribution in [0.3, 0.4) is 0 Å². The van der Waals surface area contributed by atoms with Crippen molar-refractivity contribution in [3.63, 3.8) is 0 Å². The molecule has 0 saturated carbocycles. The summed E-state index contributed by atoms with van der Waals surface area (Å²) in [5, 5.41) is 3.44. The summed E-state index contributed by atoms with van der Waals surface area (Å²) in [6, 6.07) is 10.8. The lowest BCUT2D eigenvalue weighted by molar-refractivity contribution is -0.115. The summed E-state index contributed by atoms with van der Waals surface area (Å²) in [5.41, 5.74) is 1.40. The van der Waals surface area contributed by atoms with E-state index in [4.69, 9.17) is 27.9 Å². The Morgan fingerprint density at radius 2 is 2.12 bits per heavy atom. The number of carbonyl (C=O) groups excluding carboxylic acids is 1. The number of hydrogen-bond acceptors (Lipinski definition) is 5. The molecule has 1 N–H and O–H groups in total. The van der Waals surface area contributed by atoms with Crippen LogP contribution in [0.2, 0.25) is 10.0 Å². The van der Waals surface area contributed by atoms with Crippen molar-refractivity contribution < 1.29 is 9.53 Å². The van der Waals surface area contributed by atoms with Crippen LogP contribution < -0.4 is 10.1 Å². The molecule has 0 radical (unpaired) electrons. The zero-order valence-corrected chi connectivity index (χ0v) is 17.2. The van der Waals surface area contributed by atoms with Crippen LogP contribution in [0.4, 0.5) is 5.69 Å². The first kappa shape index (κ1) is 19.3. The number of anilines is 1. The third-order valence-corrected chi connectivity index (χ3v) is 6.26. The highest BCUT2D eigenvalue weighted by molar-refractivity contribution is 8.02. The maximum atomic E-state index is 12.5. The third kappa shape index (κ3) is 4.62. The molecule has 0 spiro atoms. The first-order valence-electron chi connectivity index (χ1n) is 7.92. The highest BCUT2D eigenvalue weighted by Gasteiger charge is 2.18. The van der Waals surface area contributed by atoms with E-state index in [-0.39, 0.29) is 11.2 Å². The molecular formula is C18H16Cl2N2O2S2. The lowest BCUT2D eigenvalue weighted by Gasteiger charge is -2.11. The summed E-state index contributed by atoms with van der Waals surface area (Å²) >= 11 is 15.0. The zero-order chi connectivity index (χ0) is 18.7. The molecule has 0 aliphatic rings. The largest absolute Gasteiger partial charge is 0.494 e. The molecule has 4 nitrogen and oxygen atoms in total. The van der Waals surface area contributed by atoms with Crippen LogP contribution in [0.5, 0.6) is 5.75 Å². The van der Waals surface area contributed by atoms with Gasteiger partial charge in [0.2, 0.25) is 5.91 Å². The summed E-state index contributed by atoms with van der Waals surface area (Å²) in [5.74, 6) is 0.662. The molecule has 1 amide bonds. The second-order valence-corrected chi connectivity index (χ2v) is 8.88. The summed E-state index contributed by atoms with van der Waals surface area (Å²) in [6.07, 6.45) is 0. The van der Waals surface area contributed by atoms with Gasteiger partial charge >= 0.3 is 0 Å². The molecule has 26 heavy (non-hydrogen) atoms. The molecule has 0 aliphatic heterocycles. The van der Waals surface area contributed by atoms with Gasteiger partial charge in [-0.2, -0.15) is 0 Å². The summed E-state index contributed by atoms with van der Waals surface area (Å²) in [6.45, 7) is 4.40. The minimum Gasteiger partial charge on any atom is -0.494 e. The highest BCUT2D eigenvalue weighted by atomic mass is 35.5. The second-order valence-electron chi connectivity index (χ2n) is 5.42. The van der Waals surface area contributed by atoms with Gasteiger partial charge in [-0.1, -0.05) is 35.0 Å². The van der Waals surface area contributed by atoms with Gasteiger partial charge in [-0.15, -0.1) is 11.3 Å². The van der Waals surface area contributed by atoms with Crippen molar-refractivity contribution in [1.29, 1.82) is 0 Å². The molecule has 8 heteroatoms. The van der Waals surface area contributed by atoms with Gasteiger partial charge in [-0.3, -0.25) is 4.79 Å². The summed E-state index contributed by atoms with van der Waals surface area (Å²) < 4.78 is 7.37. The minimum atomic E-state index is -0.336. The van der Waals surface area contributed by atoms with Crippen molar-refractivity contribution >= 4 is 68.1 Å². The molecule has 136 valence electrons. The maximum Gasteiger partial charge on any atom is 0.237 e. The number of halogens is 2. The van der Waals surface area contributed by atoms with Gasteiger partial charge in [0.05, 0.1) is 32.8 Å². The second kappa shape index (κ2) is 8.48. The predicted octanol–water partition coefficient (Wildman–Crippen LogP) is 6.12. The number of thiazole rings is 1. The number of nitrogens with one attached hydrogen (secondary N) is 1. The normalized spacial score (nSPS) is 12.2. The number of fused-ring (bicyclic) bond motifs is 1. The Morgan fingerprint density at radius 1 is 1.31 bits per heavy atom. The van der Waals surface area contributed by atoms with Crippen molar-refractivity contribution in [2.75, 3.05) is 11.9 Å². The van der Waals surface area contributed by atoms with Crippen molar-refractivity contribution in [2.24, 2.45) is 0 Å². The van der Waals surface area contributed by atoms with Gasteiger partial charge in [0, 0.05) is 5.02 Å². The molecule has 2 aromatic carbocycles.